The third-order valence-electron chi connectivity index (χ3n) is 3.85. The zero-order chi connectivity index (χ0) is 13.4. The first-order valence-corrected chi connectivity index (χ1v) is 6.87. The lowest BCUT2D eigenvalue weighted by Gasteiger charge is -2.38. The van der Waals surface area contributed by atoms with Crippen LogP contribution >= 0.6 is 12.2 Å². The van der Waals surface area contributed by atoms with Crippen LogP contribution in [-0.4, -0.2) is 46.5 Å². The Morgan fingerprint density at radius 1 is 1.47 bits per heavy atom. The summed E-state index contributed by atoms with van der Waals surface area (Å²) in [5.41, 5.74) is 6.57. The van der Waals surface area contributed by atoms with Crippen LogP contribution in [0.5, 0.6) is 0 Å². The lowest BCUT2D eigenvalue weighted by Crippen LogP contribution is -2.52. The van der Waals surface area contributed by atoms with Crippen molar-refractivity contribution < 1.29 is 4.79 Å². The molecule has 1 unspecified atom stereocenters. The maximum absolute atomic E-state index is 11.7. The maximum atomic E-state index is 11.7. The van der Waals surface area contributed by atoms with Gasteiger partial charge in [-0.2, -0.15) is 0 Å². The number of nitrogens with zero attached hydrogens (tertiary/aromatic N) is 3. The standard InChI is InChI=1S/C13H16N4OS/c14-12(19)10-2-1-5-15-13(10)16-6-7-17-9(8-16)3-4-11(17)18/h1-2,5,9H,3-4,6-8H2,(H2,14,19). The summed E-state index contributed by atoms with van der Waals surface area (Å²) in [7, 11) is 0. The number of carbonyl (C=O) groups excluding carboxylic acids is 1. The molecule has 2 saturated heterocycles. The second kappa shape index (κ2) is 4.77. The molecule has 5 nitrogen and oxygen atoms in total. The molecule has 0 bridgehead atoms. The van der Waals surface area contributed by atoms with Crippen molar-refractivity contribution in [3.05, 3.63) is 23.9 Å². The molecule has 1 amide bonds. The van der Waals surface area contributed by atoms with Gasteiger partial charge in [0.1, 0.15) is 10.8 Å². The number of hydrogen-bond acceptors (Lipinski definition) is 4. The van der Waals surface area contributed by atoms with E-state index in [1.54, 1.807) is 6.20 Å². The molecular weight excluding hydrogens is 260 g/mol. The average Bonchev–Trinajstić information content (AvgIpc) is 2.80. The molecule has 3 rings (SSSR count). The van der Waals surface area contributed by atoms with Gasteiger partial charge < -0.3 is 15.5 Å². The van der Waals surface area contributed by atoms with Gasteiger partial charge in [-0.05, 0) is 18.6 Å². The minimum atomic E-state index is 0.278. The number of anilines is 1. The molecule has 3 heterocycles. The van der Waals surface area contributed by atoms with Gasteiger partial charge in [-0.1, -0.05) is 12.2 Å². The van der Waals surface area contributed by atoms with Crippen molar-refractivity contribution in [3.8, 4) is 0 Å². The molecule has 100 valence electrons. The summed E-state index contributed by atoms with van der Waals surface area (Å²) in [5, 5.41) is 0. The van der Waals surface area contributed by atoms with E-state index in [-0.39, 0.29) is 5.91 Å². The number of piperazine rings is 1. The Labute approximate surface area is 117 Å². The summed E-state index contributed by atoms with van der Waals surface area (Å²) in [6, 6.07) is 4.05. The molecule has 0 saturated carbocycles. The molecule has 2 N–H and O–H groups in total. The van der Waals surface area contributed by atoms with E-state index in [2.05, 4.69) is 9.88 Å². The number of pyridine rings is 1. The minimum absolute atomic E-state index is 0.278. The highest BCUT2D eigenvalue weighted by Gasteiger charge is 2.36. The highest BCUT2D eigenvalue weighted by molar-refractivity contribution is 7.80. The number of nitrogens with two attached hydrogens (primary N) is 1. The Morgan fingerprint density at radius 3 is 3.11 bits per heavy atom. The van der Waals surface area contributed by atoms with Crippen LogP contribution in [0.15, 0.2) is 18.3 Å². The number of hydrogen-bond donors (Lipinski definition) is 1. The zero-order valence-electron chi connectivity index (χ0n) is 10.6. The number of thiocarbonyl (C=S) groups is 1. The predicted octanol–water partition coefficient (Wildman–Crippen LogP) is 0.527. The van der Waals surface area contributed by atoms with Gasteiger partial charge in [0, 0.05) is 38.3 Å². The SMILES string of the molecule is NC(=S)c1cccnc1N1CCN2C(=O)CCC2C1. The van der Waals surface area contributed by atoms with Gasteiger partial charge in [-0.25, -0.2) is 4.98 Å². The van der Waals surface area contributed by atoms with Crippen molar-refractivity contribution in [2.45, 2.75) is 18.9 Å². The van der Waals surface area contributed by atoms with Gasteiger partial charge in [-0.3, -0.25) is 4.79 Å². The Balaban J connectivity index is 1.85. The summed E-state index contributed by atoms with van der Waals surface area (Å²) in [4.78, 5) is 20.6. The van der Waals surface area contributed by atoms with E-state index in [1.807, 2.05) is 17.0 Å². The van der Waals surface area contributed by atoms with Crippen LogP contribution in [0, 0.1) is 0 Å². The Kier molecular flexibility index (Phi) is 3.10. The van der Waals surface area contributed by atoms with Crippen LogP contribution in [0.3, 0.4) is 0 Å². The summed E-state index contributed by atoms with van der Waals surface area (Å²) in [6.07, 6.45) is 3.36. The van der Waals surface area contributed by atoms with Crippen LogP contribution in [-0.2, 0) is 4.79 Å². The average molecular weight is 276 g/mol. The quantitative estimate of drug-likeness (QED) is 0.798. The van der Waals surface area contributed by atoms with E-state index >= 15 is 0 Å². The minimum Gasteiger partial charge on any atom is -0.389 e. The van der Waals surface area contributed by atoms with E-state index in [0.29, 0.717) is 17.5 Å². The van der Waals surface area contributed by atoms with Crippen LogP contribution in [0.25, 0.3) is 0 Å². The van der Waals surface area contributed by atoms with Crippen molar-refractivity contribution in [1.29, 1.82) is 0 Å². The normalized spacial score (nSPS) is 22.5. The predicted molar refractivity (Wildman–Crippen MR) is 77.1 cm³/mol. The number of fused-ring (bicyclic) bond motifs is 1. The van der Waals surface area contributed by atoms with E-state index in [4.69, 9.17) is 18.0 Å². The van der Waals surface area contributed by atoms with Gasteiger partial charge in [-0.15, -0.1) is 0 Å². The summed E-state index contributed by atoms with van der Waals surface area (Å²) < 4.78 is 0. The van der Waals surface area contributed by atoms with Gasteiger partial charge in [0.2, 0.25) is 5.91 Å². The monoisotopic (exact) mass is 276 g/mol. The Hall–Kier alpha value is -1.69. The molecule has 2 aliphatic rings. The molecule has 2 aliphatic heterocycles. The molecular formula is C13H16N4OS. The lowest BCUT2D eigenvalue weighted by atomic mass is 10.1. The fourth-order valence-electron chi connectivity index (χ4n) is 2.90. The summed E-state index contributed by atoms with van der Waals surface area (Å²) in [6.45, 7) is 2.37. The fourth-order valence-corrected chi connectivity index (χ4v) is 3.06. The first-order valence-electron chi connectivity index (χ1n) is 6.46. The second-order valence-electron chi connectivity index (χ2n) is 4.96. The second-order valence-corrected chi connectivity index (χ2v) is 5.40. The van der Waals surface area contributed by atoms with E-state index in [9.17, 15) is 4.79 Å². The number of amides is 1. The number of aromatic nitrogens is 1. The van der Waals surface area contributed by atoms with Crippen LogP contribution in [0.1, 0.15) is 18.4 Å². The molecule has 1 aromatic rings. The van der Waals surface area contributed by atoms with Crippen molar-refractivity contribution in [3.63, 3.8) is 0 Å². The van der Waals surface area contributed by atoms with Crippen molar-refractivity contribution in [2.24, 2.45) is 5.73 Å². The third-order valence-corrected chi connectivity index (χ3v) is 4.07. The van der Waals surface area contributed by atoms with Gasteiger partial charge in [0.15, 0.2) is 0 Å². The molecule has 6 heteroatoms. The van der Waals surface area contributed by atoms with Crippen LogP contribution in [0.2, 0.25) is 0 Å². The summed E-state index contributed by atoms with van der Waals surface area (Å²) in [5.74, 6) is 1.12. The molecule has 0 spiro atoms. The van der Waals surface area contributed by atoms with E-state index < -0.39 is 0 Å². The summed E-state index contributed by atoms with van der Waals surface area (Å²) >= 11 is 5.08. The maximum Gasteiger partial charge on any atom is 0.223 e. The molecule has 0 aromatic carbocycles. The van der Waals surface area contributed by atoms with Gasteiger partial charge in [0.05, 0.1) is 5.56 Å². The van der Waals surface area contributed by atoms with Gasteiger partial charge >= 0.3 is 0 Å². The highest BCUT2D eigenvalue weighted by atomic mass is 32.1. The lowest BCUT2D eigenvalue weighted by molar-refractivity contribution is -0.129. The van der Waals surface area contributed by atoms with Crippen molar-refractivity contribution in [2.75, 3.05) is 24.5 Å². The topological polar surface area (TPSA) is 62.5 Å². The fraction of sp³-hybridized carbons (Fsp3) is 0.462. The Bertz CT molecular complexity index is 533. The van der Waals surface area contributed by atoms with Crippen LogP contribution in [0.4, 0.5) is 5.82 Å². The molecule has 0 aliphatic carbocycles. The molecule has 2 fully saturated rings. The molecule has 1 aromatic heterocycles. The zero-order valence-corrected chi connectivity index (χ0v) is 11.4. The smallest absolute Gasteiger partial charge is 0.223 e. The first-order chi connectivity index (χ1) is 9.16. The van der Waals surface area contributed by atoms with Crippen molar-refractivity contribution >= 4 is 28.9 Å². The molecule has 19 heavy (non-hydrogen) atoms. The largest absolute Gasteiger partial charge is 0.389 e. The highest BCUT2D eigenvalue weighted by Crippen LogP contribution is 2.26. The third kappa shape index (κ3) is 2.16. The number of carbonyl (C=O) groups is 1. The van der Waals surface area contributed by atoms with Crippen molar-refractivity contribution in [1.82, 2.24) is 9.88 Å². The number of rotatable bonds is 2. The molecule has 0 radical (unpaired) electrons. The Morgan fingerprint density at radius 2 is 2.32 bits per heavy atom. The van der Waals surface area contributed by atoms with Crippen LogP contribution < -0.4 is 10.6 Å². The molecule has 1 atom stereocenters. The van der Waals surface area contributed by atoms with Gasteiger partial charge in [0.25, 0.3) is 0 Å². The van der Waals surface area contributed by atoms with E-state index in [1.165, 1.54) is 0 Å². The van der Waals surface area contributed by atoms with E-state index in [0.717, 1.165) is 37.4 Å². The first kappa shape index (κ1) is 12.3.